The SMILES string of the molecule is CCC(C)(CC)N1C(=O)CC(=O)NC1=O. The van der Waals surface area contributed by atoms with Crippen molar-refractivity contribution in [3.05, 3.63) is 0 Å². The average Bonchev–Trinajstić information content (AvgIpc) is 2.15. The highest BCUT2D eigenvalue weighted by atomic mass is 16.2. The van der Waals surface area contributed by atoms with Crippen LogP contribution < -0.4 is 5.32 Å². The van der Waals surface area contributed by atoms with Crippen molar-refractivity contribution < 1.29 is 14.4 Å². The molecule has 4 amide bonds. The summed E-state index contributed by atoms with van der Waals surface area (Å²) < 4.78 is 0. The van der Waals surface area contributed by atoms with Gasteiger partial charge in [0, 0.05) is 5.54 Å². The number of carbonyl (C=O) groups is 3. The molecule has 0 aromatic carbocycles. The van der Waals surface area contributed by atoms with E-state index in [0.717, 1.165) is 0 Å². The maximum atomic E-state index is 11.6. The summed E-state index contributed by atoms with van der Waals surface area (Å²) >= 11 is 0. The number of hydrogen-bond donors (Lipinski definition) is 1. The van der Waals surface area contributed by atoms with E-state index in [-0.39, 0.29) is 6.42 Å². The van der Waals surface area contributed by atoms with Crippen LogP contribution in [-0.2, 0) is 9.59 Å². The monoisotopic (exact) mass is 212 g/mol. The molecule has 0 unspecified atom stereocenters. The number of nitrogens with one attached hydrogen (secondary N) is 1. The molecule has 5 heteroatoms. The molecule has 1 rings (SSSR count). The van der Waals surface area contributed by atoms with Crippen LogP contribution in [0.15, 0.2) is 0 Å². The lowest BCUT2D eigenvalue weighted by molar-refractivity contribution is -0.140. The van der Waals surface area contributed by atoms with Crippen molar-refractivity contribution >= 4 is 17.8 Å². The third-order valence-electron chi connectivity index (χ3n) is 3.07. The van der Waals surface area contributed by atoms with E-state index in [1.807, 2.05) is 20.8 Å². The fraction of sp³-hybridized carbons (Fsp3) is 0.700. The number of carbonyl (C=O) groups excluding carboxylic acids is 3. The molecule has 15 heavy (non-hydrogen) atoms. The molecule has 1 saturated heterocycles. The highest BCUT2D eigenvalue weighted by Gasteiger charge is 2.41. The Hall–Kier alpha value is -1.39. The van der Waals surface area contributed by atoms with E-state index in [9.17, 15) is 14.4 Å². The third kappa shape index (κ3) is 2.00. The molecule has 0 atom stereocenters. The summed E-state index contributed by atoms with van der Waals surface area (Å²) in [4.78, 5) is 35.3. The Kier molecular flexibility index (Phi) is 3.12. The Labute approximate surface area is 88.8 Å². The molecular formula is C10H16N2O3. The van der Waals surface area contributed by atoms with Crippen LogP contribution in [0.3, 0.4) is 0 Å². The van der Waals surface area contributed by atoms with E-state index in [4.69, 9.17) is 0 Å². The van der Waals surface area contributed by atoms with E-state index in [2.05, 4.69) is 5.32 Å². The summed E-state index contributed by atoms with van der Waals surface area (Å²) in [6, 6.07) is -0.595. The lowest BCUT2D eigenvalue weighted by Gasteiger charge is -2.40. The van der Waals surface area contributed by atoms with Gasteiger partial charge in [-0.2, -0.15) is 0 Å². The van der Waals surface area contributed by atoms with Gasteiger partial charge in [-0.05, 0) is 19.8 Å². The molecule has 0 spiro atoms. The van der Waals surface area contributed by atoms with Crippen LogP contribution in [0.5, 0.6) is 0 Å². The first-order valence-electron chi connectivity index (χ1n) is 5.11. The van der Waals surface area contributed by atoms with Gasteiger partial charge < -0.3 is 0 Å². The fourth-order valence-electron chi connectivity index (χ4n) is 1.66. The minimum absolute atomic E-state index is 0.235. The first-order chi connectivity index (χ1) is 6.94. The largest absolute Gasteiger partial charge is 0.331 e. The summed E-state index contributed by atoms with van der Waals surface area (Å²) in [5.74, 6) is -0.925. The van der Waals surface area contributed by atoms with Gasteiger partial charge >= 0.3 is 6.03 Å². The van der Waals surface area contributed by atoms with Crippen LogP contribution in [0.4, 0.5) is 4.79 Å². The normalized spacial score (nSPS) is 18.1. The second kappa shape index (κ2) is 4.00. The molecular weight excluding hydrogens is 196 g/mol. The summed E-state index contributed by atoms with van der Waals surface area (Å²) in [5, 5.41) is 2.16. The Morgan fingerprint density at radius 2 is 1.80 bits per heavy atom. The molecule has 0 aromatic rings. The molecule has 0 aliphatic carbocycles. The Balaban J connectivity index is 2.98. The quantitative estimate of drug-likeness (QED) is 0.710. The highest BCUT2D eigenvalue weighted by molar-refractivity contribution is 6.14. The van der Waals surface area contributed by atoms with Crippen molar-refractivity contribution in [3.8, 4) is 0 Å². The zero-order valence-electron chi connectivity index (χ0n) is 9.29. The number of barbiturate groups is 1. The number of rotatable bonds is 3. The minimum Gasteiger partial charge on any atom is -0.277 e. The summed E-state index contributed by atoms with van der Waals surface area (Å²) in [7, 11) is 0. The van der Waals surface area contributed by atoms with Gasteiger partial charge in [0.2, 0.25) is 11.8 Å². The molecule has 84 valence electrons. The maximum absolute atomic E-state index is 11.6. The second-order valence-electron chi connectivity index (χ2n) is 3.96. The van der Waals surface area contributed by atoms with Crippen molar-refractivity contribution in [2.75, 3.05) is 0 Å². The first-order valence-corrected chi connectivity index (χ1v) is 5.11. The zero-order chi connectivity index (χ0) is 11.6. The minimum atomic E-state index is -0.595. The molecule has 0 radical (unpaired) electrons. The van der Waals surface area contributed by atoms with Gasteiger partial charge in [0.15, 0.2) is 0 Å². The second-order valence-corrected chi connectivity index (χ2v) is 3.96. The Bertz CT molecular complexity index is 288. The highest BCUT2D eigenvalue weighted by Crippen LogP contribution is 2.25. The van der Waals surface area contributed by atoms with Crippen LogP contribution in [-0.4, -0.2) is 28.3 Å². The Morgan fingerprint density at radius 1 is 1.27 bits per heavy atom. The lowest BCUT2D eigenvalue weighted by atomic mass is 9.92. The van der Waals surface area contributed by atoms with Gasteiger partial charge in [-0.15, -0.1) is 0 Å². The predicted molar refractivity (Wildman–Crippen MR) is 54.0 cm³/mol. The number of amides is 4. The van der Waals surface area contributed by atoms with Crippen LogP contribution in [0.1, 0.15) is 40.0 Å². The van der Waals surface area contributed by atoms with Crippen molar-refractivity contribution in [1.29, 1.82) is 0 Å². The predicted octanol–water partition coefficient (Wildman–Crippen LogP) is 1.03. The maximum Gasteiger partial charge on any atom is 0.331 e. The van der Waals surface area contributed by atoms with Crippen LogP contribution in [0.2, 0.25) is 0 Å². The number of hydrogen-bond acceptors (Lipinski definition) is 3. The molecule has 5 nitrogen and oxygen atoms in total. The van der Waals surface area contributed by atoms with Gasteiger partial charge in [-0.1, -0.05) is 13.8 Å². The van der Waals surface area contributed by atoms with Crippen molar-refractivity contribution in [1.82, 2.24) is 10.2 Å². The van der Waals surface area contributed by atoms with E-state index >= 15 is 0 Å². The van der Waals surface area contributed by atoms with Crippen LogP contribution in [0, 0.1) is 0 Å². The summed E-state index contributed by atoms with van der Waals surface area (Å²) in [5.41, 5.74) is -0.498. The van der Waals surface area contributed by atoms with Crippen LogP contribution in [0.25, 0.3) is 0 Å². The molecule has 1 heterocycles. The van der Waals surface area contributed by atoms with E-state index in [0.29, 0.717) is 12.8 Å². The van der Waals surface area contributed by atoms with E-state index in [1.54, 1.807) is 0 Å². The van der Waals surface area contributed by atoms with Crippen molar-refractivity contribution in [3.63, 3.8) is 0 Å². The Morgan fingerprint density at radius 3 is 2.20 bits per heavy atom. The first kappa shape index (κ1) is 11.7. The number of urea groups is 1. The average molecular weight is 212 g/mol. The van der Waals surface area contributed by atoms with E-state index in [1.165, 1.54) is 4.90 Å². The molecule has 0 aromatic heterocycles. The zero-order valence-corrected chi connectivity index (χ0v) is 9.29. The topological polar surface area (TPSA) is 66.5 Å². The number of imide groups is 2. The molecule has 0 bridgehead atoms. The standard InChI is InChI=1S/C10H16N2O3/c1-4-10(3,5-2)12-8(14)6-7(13)11-9(12)15/h4-6H2,1-3H3,(H,11,13,15). The molecule has 1 fully saturated rings. The molecule has 1 aliphatic heterocycles. The van der Waals surface area contributed by atoms with Gasteiger partial charge in [0.25, 0.3) is 0 Å². The van der Waals surface area contributed by atoms with Gasteiger partial charge in [-0.3, -0.25) is 19.8 Å². The molecule has 0 saturated carbocycles. The lowest BCUT2D eigenvalue weighted by Crippen LogP contribution is -2.61. The van der Waals surface area contributed by atoms with E-state index < -0.39 is 23.4 Å². The summed E-state index contributed by atoms with van der Waals surface area (Å²) in [6.45, 7) is 5.68. The third-order valence-corrected chi connectivity index (χ3v) is 3.07. The van der Waals surface area contributed by atoms with Crippen molar-refractivity contribution in [2.24, 2.45) is 0 Å². The molecule has 1 aliphatic rings. The molecule has 1 N–H and O–H groups in total. The smallest absolute Gasteiger partial charge is 0.277 e. The van der Waals surface area contributed by atoms with Crippen LogP contribution >= 0.6 is 0 Å². The van der Waals surface area contributed by atoms with Gasteiger partial charge in [0.1, 0.15) is 6.42 Å². The summed E-state index contributed by atoms with van der Waals surface area (Å²) in [6.07, 6.45) is 1.12. The van der Waals surface area contributed by atoms with Crippen molar-refractivity contribution in [2.45, 2.75) is 45.6 Å². The number of nitrogens with zero attached hydrogens (tertiary/aromatic N) is 1. The fourth-order valence-corrected chi connectivity index (χ4v) is 1.66. The van der Waals surface area contributed by atoms with Gasteiger partial charge in [-0.25, -0.2) is 4.79 Å². The van der Waals surface area contributed by atoms with Gasteiger partial charge in [0.05, 0.1) is 0 Å².